The van der Waals surface area contributed by atoms with Crippen molar-refractivity contribution in [1.82, 2.24) is 4.90 Å². The number of nitrogens with zero attached hydrogens (tertiary/aromatic N) is 1. The number of alkyl halides is 7. The van der Waals surface area contributed by atoms with Crippen LogP contribution in [0.2, 0.25) is 0 Å². The highest BCUT2D eigenvalue weighted by Gasteiger charge is 2.68. The summed E-state index contributed by atoms with van der Waals surface area (Å²) in [5.41, 5.74) is 0. The smallest absolute Gasteiger partial charge is 0.412 e. The van der Waals surface area contributed by atoms with Crippen molar-refractivity contribution in [3.05, 3.63) is 12.7 Å². The van der Waals surface area contributed by atoms with E-state index in [0.717, 1.165) is 0 Å². The zero-order valence-corrected chi connectivity index (χ0v) is 18.8. The molecule has 1 atom stereocenters. The predicted molar refractivity (Wildman–Crippen MR) is 98.8 cm³/mol. The number of hydrogen-bond acceptors (Lipinski definition) is 6. The summed E-state index contributed by atoms with van der Waals surface area (Å²) in [5, 5.41) is -5.95. The van der Waals surface area contributed by atoms with Crippen LogP contribution in [0.25, 0.3) is 0 Å². The third-order valence-corrected chi connectivity index (χ3v) is 5.05. The predicted octanol–water partition coefficient (Wildman–Crippen LogP) is 3.53. The summed E-state index contributed by atoms with van der Waals surface area (Å²) in [6.07, 6.45) is -8.92. The Morgan fingerprint density at radius 3 is 1.82 bits per heavy atom. The topological polar surface area (TPSA) is 110 Å². The molecule has 0 saturated carbocycles. The number of carbonyl (C=O) groups excluding carboxylic acids is 2. The summed E-state index contributed by atoms with van der Waals surface area (Å²) in [7, 11) is -6.56. The van der Waals surface area contributed by atoms with Gasteiger partial charge in [0.1, 0.15) is 0 Å². The number of carbonyl (C=O) groups is 2. The average Bonchev–Trinajstić information content (AvgIpc) is 2.61. The molecule has 0 aliphatic heterocycles. The molecule has 0 radical (unpaired) electrons. The van der Waals surface area contributed by atoms with Crippen LogP contribution < -0.4 is 0 Å². The fraction of sp³-hybridized carbons (Fsp3) is 0.765. The third kappa shape index (κ3) is 6.79. The molecule has 1 N–H and O–H groups in total. The van der Waals surface area contributed by atoms with Crippen molar-refractivity contribution in [2.45, 2.75) is 75.8 Å². The number of halogens is 7. The highest BCUT2D eigenvalue weighted by atomic mass is 32.2. The van der Waals surface area contributed by atoms with Crippen molar-refractivity contribution < 1.29 is 62.8 Å². The van der Waals surface area contributed by atoms with E-state index in [1.165, 1.54) is 27.7 Å². The first kappa shape index (κ1) is 31.1. The van der Waals surface area contributed by atoms with Gasteiger partial charge in [-0.25, -0.2) is 4.79 Å². The summed E-state index contributed by atoms with van der Waals surface area (Å²) in [6, 6.07) is -1.77. The van der Waals surface area contributed by atoms with Crippen molar-refractivity contribution in [3.8, 4) is 0 Å². The van der Waals surface area contributed by atoms with Crippen LogP contribution >= 0.6 is 0 Å². The van der Waals surface area contributed by atoms with E-state index in [-0.39, 0.29) is 6.08 Å². The van der Waals surface area contributed by atoms with Crippen molar-refractivity contribution in [2.24, 2.45) is 0 Å². The van der Waals surface area contributed by atoms with E-state index in [1.54, 1.807) is 0 Å². The van der Waals surface area contributed by atoms with Crippen molar-refractivity contribution in [1.29, 1.82) is 0 Å². The van der Waals surface area contributed by atoms with Gasteiger partial charge in [0.25, 0.3) is 0 Å². The minimum atomic E-state index is -6.56. The van der Waals surface area contributed by atoms with Crippen LogP contribution in [0.5, 0.6) is 0 Å². The Kier molecular flexibility index (Phi) is 9.93. The largest absolute Gasteiger partial charge is 0.466 e. The Balaban J connectivity index is 6.08. The minimum Gasteiger partial charge on any atom is -0.412 e. The molecule has 1 amide bonds. The van der Waals surface area contributed by atoms with Crippen molar-refractivity contribution in [3.63, 3.8) is 0 Å². The van der Waals surface area contributed by atoms with E-state index in [0.29, 0.717) is 4.90 Å². The first-order valence-corrected chi connectivity index (χ1v) is 10.6. The molecule has 33 heavy (non-hydrogen) atoms. The lowest BCUT2D eigenvalue weighted by Crippen LogP contribution is -2.64. The molecule has 0 aromatic heterocycles. The van der Waals surface area contributed by atoms with E-state index in [1.807, 2.05) is 0 Å². The zero-order chi connectivity index (χ0) is 26.6. The number of amides is 1. The van der Waals surface area contributed by atoms with Gasteiger partial charge in [-0.1, -0.05) is 6.58 Å². The van der Waals surface area contributed by atoms with E-state index in [4.69, 9.17) is 4.55 Å². The Morgan fingerprint density at radius 1 is 1.03 bits per heavy atom. The molecule has 0 heterocycles. The standard InChI is InChI=1S/C17H24F7NO7S/c1-6-12(26)32-15(16(20,21)22,13(27)25(10(2)3)11(4)5)31-9-7-8-14(18,19)17(23,24)33(28,29)30/h6,10-11H,1,7-9H2,2-5H3,(H,28,29,30). The number of esters is 1. The molecular weight excluding hydrogens is 495 g/mol. The van der Waals surface area contributed by atoms with Crippen molar-refractivity contribution in [2.75, 3.05) is 6.61 Å². The maximum atomic E-state index is 14.0. The van der Waals surface area contributed by atoms with E-state index >= 15 is 0 Å². The van der Waals surface area contributed by atoms with Crippen LogP contribution in [0.1, 0.15) is 40.5 Å². The monoisotopic (exact) mass is 519 g/mol. The normalized spacial score (nSPS) is 15.3. The summed E-state index contributed by atoms with van der Waals surface area (Å²) >= 11 is 0. The van der Waals surface area contributed by atoms with Crippen LogP contribution in [0.3, 0.4) is 0 Å². The molecule has 0 spiro atoms. The van der Waals surface area contributed by atoms with Gasteiger partial charge in [-0.3, -0.25) is 9.35 Å². The summed E-state index contributed by atoms with van der Waals surface area (Å²) < 4.78 is 133. The Labute approximate surface area is 185 Å². The molecule has 194 valence electrons. The SMILES string of the molecule is C=CC(=O)OC(OCCCC(F)(F)C(F)(F)S(=O)(=O)O)(C(=O)N(C(C)C)C(C)C)C(F)(F)F. The van der Waals surface area contributed by atoms with E-state index in [2.05, 4.69) is 16.1 Å². The first-order chi connectivity index (χ1) is 14.6. The van der Waals surface area contributed by atoms with Crippen LogP contribution in [-0.2, 0) is 29.2 Å². The number of ether oxygens (including phenoxy) is 2. The molecule has 0 aromatic carbocycles. The van der Waals surface area contributed by atoms with Crippen LogP contribution in [0.4, 0.5) is 30.7 Å². The van der Waals surface area contributed by atoms with E-state index in [9.17, 15) is 48.7 Å². The van der Waals surface area contributed by atoms with Crippen LogP contribution in [0.15, 0.2) is 12.7 Å². The molecule has 1 unspecified atom stereocenters. The van der Waals surface area contributed by atoms with Crippen molar-refractivity contribution >= 4 is 22.0 Å². The third-order valence-electron chi connectivity index (χ3n) is 4.10. The number of hydrogen-bond donors (Lipinski definition) is 1. The highest BCUT2D eigenvalue weighted by molar-refractivity contribution is 7.87. The Hall–Kier alpha value is -1.94. The average molecular weight is 519 g/mol. The molecule has 0 saturated heterocycles. The molecule has 0 aliphatic rings. The van der Waals surface area contributed by atoms with Gasteiger partial charge in [0.2, 0.25) is 0 Å². The lowest BCUT2D eigenvalue weighted by Gasteiger charge is -2.40. The zero-order valence-electron chi connectivity index (χ0n) is 18.0. The second kappa shape index (κ2) is 10.5. The van der Waals surface area contributed by atoms with Crippen LogP contribution in [-0.4, -0.2) is 71.6 Å². The molecule has 0 fully saturated rings. The first-order valence-electron chi connectivity index (χ1n) is 9.20. The summed E-state index contributed by atoms with van der Waals surface area (Å²) in [4.78, 5) is 25.0. The Morgan fingerprint density at radius 2 is 1.48 bits per heavy atom. The molecule has 8 nitrogen and oxygen atoms in total. The minimum absolute atomic E-state index is 0.271. The molecule has 0 aliphatic carbocycles. The number of rotatable bonds is 12. The van der Waals surface area contributed by atoms with Gasteiger partial charge in [-0.15, -0.1) is 0 Å². The maximum Gasteiger partial charge on any atom is 0.466 e. The molecular formula is C17H24F7NO7S. The van der Waals surface area contributed by atoms with E-state index < -0.39 is 76.7 Å². The molecule has 0 rings (SSSR count). The van der Waals surface area contributed by atoms with Gasteiger partial charge in [0, 0.05) is 24.6 Å². The maximum absolute atomic E-state index is 14.0. The highest BCUT2D eigenvalue weighted by Crippen LogP contribution is 2.42. The summed E-state index contributed by atoms with van der Waals surface area (Å²) in [5.74, 6) is -13.4. The lowest BCUT2D eigenvalue weighted by atomic mass is 10.1. The summed E-state index contributed by atoms with van der Waals surface area (Å²) in [6.45, 7) is 6.69. The van der Waals surface area contributed by atoms with Gasteiger partial charge >= 0.3 is 45.1 Å². The molecule has 0 aromatic rings. The second-order valence-electron chi connectivity index (χ2n) is 7.29. The van der Waals surface area contributed by atoms with Gasteiger partial charge in [0.05, 0.1) is 6.61 Å². The fourth-order valence-corrected chi connectivity index (χ4v) is 3.14. The van der Waals surface area contributed by atoms with Gasteiger partial charge in [0.15, 0.2) is 0 Å². The van der Waals surface area contributed by atoms with Crippen LogP contribution in [0, 0.1) is 0 Å². The van der Waals surface area contributed by atoms with Gasteiger partial charge < -0.3 is 14.4 Å². The molecule has 0 bridgehead atoms. The fourth-order valence-electron chi connectivity index (χ4n) is 2.66. The lowest BCUT2D eigenvalue weighted by molar-refractivity contribution is -0.351. The quantitative estimate of drug-likeness (QED) is 0.105. The van der Waals surface area contributed by atoms with Gasteiger partial charge in [-0.2, -0.15) is 39.2 Å². The van der Waals surface area contributed by atoms with Gasteiger partial charge in [-0.05, 0) is 34.1 Å². The molecule has 16 heteroatoms. The second-order valence-corrected chi connectivity index (χ2v) is 8.75. The Bertz CT molecular complexity index is 820.